The molecule has 27 nitrogen and oxygen atoms in total. The molecule has 1 aliphatic heterocycles. The molecule has 7 aromatic carbocycles. The Kier molecular flexibility index (Phi) is 35.8. The molecule has 0 bridgehead atoms. The van der Waals surface area contributed by atoms with Crippen LogP contribution in [0, 0.1) is 11.8 Å². The van der Waals surface area contributed by atoms with E-state index in [1.165, 1.54) is 20.8 Å². The summed E-state index contributed by atoms with van der Waals surface area (Å²) in [5, 5.41) is 55.9. The fourth-order valence-electron chi connectivity index (χ4n) is 14.5. The third-order valence-electron chi connectivity index (χ3n) is 20.8. The maximum Gasteiger partial charge on any atom is 0.407 e. The lowest BCUT2D eigenvalue weighted by atomic mass is 9.77. The molecular formula is C92H116N12O15. The van der Waals surface area contributed by atoms with Crippen LogP contribution in [0.25, 0.3) is 0 Å². The van der Waals surface area contributed by atoms with E-state index in [1.807, 2.05) is 42.5 Å². The second kappa shape index (κ2) is 46.2. The maximum absolute atomic E-state index is 15.9. The lowest BCUT2D eigenvalue weighted by Crippen LogP contribution is -2.62. The number of aliphatic hydroxyl groups is 2. The molecule has 14 N–H and O–H groups in total. The summed E-state index contributed by atoms with van der Waals surface area (Å²) >= 11 is 0. The first kappa shape index (κ1) is 92.4. The number of nitrogens with one attached hydrogen (secondary N) is 12. The first-order chi connectivity index (χ1) is 57.1. The molecule has 12 amide bonds. The van der Waals surface area contributed by atoms with Crippen molar-refractivity contribution in [3.05, 3.63) is 251 Å². The van der Waals surface area contributed by atoms with Crippen molar-refractivity contribution in [2.24, 2.45) is 11.8 Å². The van der Waals surface area contributed by atoms with Crippen LogP contribution in [-0.4, -0.2) is 154 Å². The molecule has 0 radical (unpaired) electrons. The van der Waals surface area contributed by atoms with Crippen LogP contribution < -0.4 is 63.8 Å². The molecule has 0 aromatic heterocycles. The number of alkyl carbamates (subject to hydrolysis) is 1. The molecule has 0 aliphatic carbocycles. The Morgan fingerprint density at radius 3 is 1.03 bits per heavy atom. The highest BCUT2D eigenvalue weighted by Gasteiger charge is 2.44. The number of carbonyl (C=O) groups excluding carboxylic acids is 12. The molecule has 1 heterocycles. The molecule has 27 heteroatoms. The molecule has 0 unspecified atom stereocenters. The molecule has 1 aliphatic rings. The molecule has 0 spiro atoms. The van der Waals surface area contributed by atoms with Gasteiger partial charge in [0.25, 0.3) is 0 Å². The van der Waals surface area contributed by atoms with Crippen molar-refractivity contribution < 1.29 is 72.5 Å². The van der Waals surface area contributed by atoms with Crippen LogP contribution in [0.5, 0.6) is 0 Å². The van der Waals surface area contributed by atoms with E-state index >= 15 is 33.6 Å². The van der Waals surface area contributed by atoms with Crippen molar-refractivity contribution in [1.29, 1.82) is 0 Å². The zero-order valence-corrected chi connectivity index (χ0v) is 69.0. The predicted octanol–water partition coefficient (Wildman–Crippen LogP) is 7.69. The normalized spacial score (nSPS) is 20.4. The van der Waals surface area contributed by atoms with E-state index in [1.54, 1.807) is 198 Å². The Morgan fingerprint density at radius 2 is 0.655 bits per heavy atom. The van der Waals surface area contributed by atoms with Gasteiger partial charge in [-0.3, -0.25) is 52.7 Å². The van der Waals surface area contributed by atoms with Crippen LogP contribution in [0.15, 0.2) is 212 Å². The van der Waals surface area contributed by atoms with Crippen molar-refractivity contribution in [1.82, 2.24) is 63.8 Å². The zero-order chi connectivity index (χ0) is 86.0. The number of amides is 12. The number of hydrogen-bond donors (Lipinski definition) is 14. The first-order valence-corrected chi connectivity index (χ1v) is 41.1. The Labute approximate surface area is 696 Å². The zero-order valence-electron chi connectivity index (χ0n) is 69.0. The highest BCUT2D eigenvalue weighted by molar-refractivity contribution is 6.01. The van der Waals surface area contributed by atoms with Gasteiger partial charge in [-0.05, 0) is 104 Å². The molecule has 1 fully saturated rings. The van der Waals surface area contributed by atoms with Crippen molar-refractivity contribution in [2.45, 2.75) is 223 Å². The third kappa shape index (κ3) is 27.0. The van der Waals surface area contributed by atoms with Crippen molar-refractivity contribution >= 4 is 71.1 Å². The lowest BCUT2D eigenvalue weighted by molar-refractivity contribution is -0.138. The molecule has 634 valence electrons. The second-order valence-corrected chi connectivity index (χ2v) is 31.2. The summed E-state index contributed by atoms with van der Waals surface area (Å²) in [5.74, 6) is -11.9. The fraction of sp³-hybridized carbons (Fsp3) is 0.413. The van der Waals surface area contributed by atoms with Gasteiger partial charge in [0.05, 0.1) is 25.0 Å². The molecule has 11 atom stereocenters. The van der Waals surface area contributed by atoms with Gasteiger partial charge >= 0.3 is 6.09 Å². The Bertz CT molecular complexity index is 4260. The van der Waals surface area contributed by atoms with Gasteiger partial charge in [0.2, 0.25) is 65.0 Å². The minimum atomic E-state index is -2.03. The number of ether oxygens (including phenoxy) is 1. The average molecular weight is 1630 g/mol. The van der Waals surface area contributed by atoms with Gasteiger partial charge in [-0.15, -0.1) is 0 Å². The molecule has 1 saturated heterocycles. The van der Waals surface area contributed by atoms with Gasteiger partial charge in [-0.1, -0.05) is 285 Å². The van der Waals surface area contributed by atoms with Crippen molar-refractivity contribution in [3.8, 4) is 0 Å². The summed E-state index contributed by atoms with van der Waals surface area (Å²) in [4.78, 5) is 181. The van der Waals surface area contributed by atoms with E-state index in [2.05, 4.69) is 70.7 Å². The molecule has 119 heavy (non-hydrogen) atoms. The molecule has 7 aromatic rings. The van der Waals surface area contributed by atoms with E-state index in [0.29, 0.717) is 51.8 Å². The van der Waals surface area contributed by atoms with Crippen molar-refractivity contribution in [2.75, 3.05) is 6.54 Å². The summed E-state index contributed by atoms with van der Waals surface area (Å²) in [6.45, 7) is 12.6. The second-order valence-electron chi connectivity index (χ2n) is 31.2. The Morgan fingerprint density at radius 1 is 0.361 bits per heavy atom. The summed E-state index contributed by atoms with van der Waals surface area (Å²) in [6.07, 6.45) is -1.84. The number of benzene rings is 7. The van der Waals surface area contributed by atoms with Gasteiger partial charge in [-0.2, -0.15) is 0 Å². The third-order valence-corrected chi connectivity index (χ3v) is 20.8. The smallest absolute Gasteiger partial charge is 0.407 e. The Balaban J connectivity index is 1.25. The predicted molar refractivity (Wildman–Crippen MR) is 451 cm³/mol. The van der Waals surface area contributed by atoms with Crippen LogP contribution in [-0.2, 0) is 75.2 Å². The number of aliphatic hydroxyl groups excluding tert-OH is 2. The van der Waals surface area contributed by atoms with Crippen LogP contribution in [0.4, 0.5) is 4.79 Å². The van der Waals surface area contributed by atoms with E-state index in [-0.39, 0.29) is 51.2 Å². The number of rotatable bonds is 31. The van der Waals surface area contributed by atoms with Gasteiger partial charge in [0.1, 0.15) is 72.1 Å². The SMILES string of the molecule is CCCCCCCC[C@H]1NC(=O)[C@@H](CC(C)C)NC(=O)[C@H]([C@@H](C)O)NC(=O)[C@@H](CC(C)C)NC(=O)[C@@H](CC(=O)NC(c2ccccc2)(c2ccccc2)c2ccccc2)NC(=O)[C@H](CC(=O)NC(c2ccccc2)(c2ccccc2)c2ccccc2)NC(=O)[C@H](C)NC(=O)[C@H]([C@@H](C)O)NC(=O)[C@H](CCCNC(=O)OCc2ccccc2)NC1=O. The topological polar surface area (TPSA) is 399 Å². The standard InChI is InChI=1S/C92H116N12O15/c1-9-10-11-12-13-35-51-71-82(110)95-72(52-36-53-93-90(118)119-58-64-37-21-14-22-38-64)83(111)101-79(62(7)105)88(116)94-61(6)81(109)97-75(56-77(107)103-91(65-39-23-15-24-40-65,66-41-25-16-26-42-66)67-43-27-17-28-44-67)85(113)99-76(57-78(108)104-92(68-45-29-18-30-46-68,69-47-31-19-32-48-69)70-49-33-20-34-50-70)86(114)98-74(55-60(4)5)87(115)102-80(63(8)106)89(117)100-73(54-59(2)3)84(112)96-71/h14-34,37-50,59-63,71-76,79-80,105-106H,9-13,35-36,51-58H2,1-8H3,(H,93,118)(H,94,116)(H,95,110)(H,96,112)(H,97,109)(H,98,114)(H,99,113)(H,100,117)(H,101,111)(H,102,115)(H,103,107)(H,104,108)/t61-,62+,63+,71+,72-,73+,74+,75-,76+,79-,80-/m0/s1. The van der Waals surface area contributed by atoms with Crippen LogP contribution >= 0.6 is 0 Å². The molecule has 0 saturated carbocycles. The Hall–Kier alpha value is -12.1. The van der Waals surface area contributed by atoms with Crippen LogP contribution in [0.1, 0.15) is 178 Å². The summed E-state index contributed by atoms with van der Waals surface area (Å²) in [6, 6.07) is 47.4. The van der Waals surface area contributed by atoms with Crippen LogP contribution in [0.3, 0.4) is 0 Å². The maximum atomic E-state index is 15.9. The minimum absolute atomic E-state index is 0.00808. The van der Waals surface area contributed by atoms with Gasteiger partial charge < -0.3 is 78.8 Å². The summed E-state index contributed by atoms with van der Waals surface area (Å²) < 4.78 is 5.40. The first-order valence-electron chi connectivity index (χ1n) is 41.1. The quantitative estimate of drug-likeness (QED) is 0.0146. The lowest BCUT2D eigenvalue weighted by Gasteiger charge is -2.37. The molecular weight excluding hydrogens is 1510 g/mol. The number of carbonyl (C=O) groups is 12. The van der Waals surface area contributed by atoms with Crippen molar-refractivity contribution in [3.63, 3.8) is 0 Å². The van der Waals surface area contributed by atoms with E-state index in [9.17, 15) is 34.2 Å². The monoisotopic (exact) mass is 1630 g/mol. The molecule has 8 rings (SSSR count). The summed E-state index contributed by atoms with van der Waals surface area (Å²) in [5.41, 5.74) is 1.15. The van der Waals surface area contributed by atoms with E-state index < -0.39 is 167 Å². The highest BCUT2D eigenvalue weighted by atomic mass is 16.5. The minimum Gasteiger partial charge on any atom is -0.445 e. The van der Waals surface area contributed by atoms with E-state index in [4.69, 9.17) is 4.74 Å². The average Bonchev–Trinajstić information content (AvgIpc) is 0.758. The number of hydrogen-bond acceptors (Lipinski definition) is 15. The summed E-state index contributed by atoms with van der Waals surface area (Å²) in [7, 11) is 0. The number of unbranched alkanes of at least 4 members (excludes halogenated alkanes) is 5. The van der Waals surface area contributed by atoms with E-state index in [0.717, 1.165) is 25.7 Å². The van der Waals surface area contributed by atoms with Gasteiger partial charge in [-0.25, -0.2) is 4.79 Å². The largest absolute Gasteiger partial charge is 0.445 e. The van der Waals surface area contributed by atoms with Gasteiger partial charge in [0, 0.05) is 6.54 Å². The van der Waals surface area contributed by atoms with Crippen LogP contribution in [0.2, 0.25) is 0 Å². The highest BCUT2D eigenvalue weighted by Crippen LogP contribution is 2.39. The fourth-order valence-corrected chi connectivity index (χ4v) is 14.5. The van der Waals surface area contributed by atoms with Gasteiger partial charge in [0.15, 0.2) is 0 Å².